The molecule has 224 valence electrons. The zero-order valence-electron chi connectivity index (χ0n) is 25.5. The Balaban J connectivity index is 1.55. The number of aryl methyl sites for hydroxylation is 3. The number of benzene rings is 2. The number of aromatic nitrogens is 5. The molecule has 0 unspecified atom stereocenters. The van der Waals surface area contributed by atoms with Gasteiger partial charge in [-0.15, -0.1) is 0 Å². The fraction of sp³-hybridized carbons (Fsp3) is 0.333. The Labute approximate surface area is 251 Å². The molecular formula is C33H39N7O3. The van der Waals surface area contributed by atoms with Crippen LogP contribution < -0.4 is 5.32 Å². The number of amides is 1. The van der Waals surface area contributed by atoms with Crippen molar-refractivity contribution < 1.29 is 15.0 Å². The summed E-state index contributed by atoms with van der Waals surface area (Å²) < 4.78 is 3.75. The molecule has 0 radical (unpaired) electrons. The number of fused-ring (bicyclic) bond motifs is 1. The number of nitrogens with zero attached hydrogens (tertiary/aromatic N) is 6. The second kappa shape index (κ2) is 12.4. The summed E-state index contributed by atoms with van der Waals surface area (Å²) in [5.74, 6) is 1.42. The number of hydrogen-bond acceptors (Lipinski definition) is 7. The van der Waals surface area contributed by atoms with Crippen LogP contribution in [0.2, 0.25) is 0 Å². The summed E-state index contributed by atoms with van der Waals surface area (Å²) in [6, 6.07) is 15.5. The highest BCUT2D eigenvalue weighted by Crippen LogP contribution is 2.32. The number of imidazole rings is 1. The Hall–Kier alpha value is -4.54. The maximum atomic E-state index is 13.3. The van der Waals surface area contributed by atoms with Crippen LogP contribution in [0.5, 0.6) is 0 Å². The molecule has 0 bridgehead atoms. The van der Waals surface area contributed by atoms with Crippen LogP contribution in [0.15, 0.2) is 60.9 Å². The van der Waals surface area contributed by atoms with Gasteiger partial charge in [-0.3, -0.25) is 4.79 Å². The molecule has 1 amide bonds. The average Bonchev–Trinajstić information content (AvgIpc) is 3.60. The van der Waals surface area contributed by atoms with Crippen LogP contribution in [-0.2, 0) is 13.6 Å². The minimum absolute atomic E-state index is 0.121. The largest absolute Gasteiger partial charge is 0.394 e. The Bertz CT molecular complexity index is 1770. The summed E-state index contributed by atoms with van der Waals surface area (Å²) >= 11 is 0. The van der Waals surface area contributed by atoms with E-state index in [9.17, 15) is 15.0 Å². The fourth-order valence-corrected chi connectivity index (χ4v) is 5.16. The summed E-state index contributed by atoms with van der Waals surface area (Å²) in [6.45, 7) is 7.94. The number of anilines is 1. The zero-order chi connectivity index (χ0) is 30.8. The fourth-order valence-electron chi connectivity index (χ4n) is 5.16. The first-order valence-corrected chi connectivity index (χ1v) is 14.5. The van der Waals surface area contributed by atoms with E-state index in [0.717, 1.165) is 39.3 Å². The Kier molecular flexibility index (Phi) is 8.61. The van der Waals surface area contributed by atoms with Crippen LogP contribution in [0, 0.1) is 13.8 Å². The van der Waals surface area contributed by atoms with E-state index >= 15 is 0 Å². The molecule has 3 N–H and O–H groups in total. The third-order valence-electron chi connectivity index (χ3n) is 7.99. The van der Waals surface area contributed by atoms with Crippen LogP contribution in [0.4, 0.5) is 5.82 Å². The standard InChI is InChI=1S/C33H39N7O3/c1-7-28(42)27-17-29(35-18-23-9-8-10-25(15-23)31-34-13-14-38(31)5)40-32(36-27)30(22(4)37-40)24-12-11-20(2)26(16-24)33(43)39(6)21(3)19-41/h8-17,21,28,35,41-42H,7,18-19H2,1-6H3/t21-,28+/m0/s1. The highest BCUT2D eigenvalue weighted by atomic mass is 16.3. The van der Waals surface area contributed by atoms with Gasteiger partial charge < -0.3 is 25.0 Å². The first kappa shape index (κ1) is 29.9. The van der Waals surface area contributed by atoms with E-state index in [2.05, 4.69) is 22.4 Å². The molecule has 2 aromatic carbocycles. The topological polar surface area (TPSA) is 121 Å². The van der Waals surface area contributed by atoms with Gasteiger partial charge in [0.2, 0.25) is 0 Å². The summed E-state index contributed by atoms with van der Waals surface area (Å²) in [6.07, 6.45) is 3.47. The lowest BCUT2D eigenvalue weighted by Crippen LogP contribution is -2.37. The van der Waals surface area contributed by atoms with E-state index in [-0.39, 0.29) is 18.6 Å². The van der Waals surface area contributed by atoms with Crippen molar-refractivity contribution >= 4 is 17.4 Å². The molecule has 0 aliphatic rings. The van der Waals surface area contributed by atoms with E-state index in [0.29, 0.717) is 35.7 Å². The van der Waals surface area contributed by atoms with Gasteiger partial charge in [0.05, 0.1) is 30.1 Å². The van der Waals surface area contributed by atoms with Crippen LogP contribution in [0.25, 0.3) is 28.2 Å². The lowest BCUT2D eigenvalue weighted by atomic mass is 9.98. The number of aliphatic hydroxyl groups is 2. The summed E-state index contributed by atoms with van der Waals surface area (Å²) in [5, 5.41) is 28.8. The van der Waals surface area contributed by atoms with Crippen molar-refractivity contribution in [2.75, 3.05) is 19.0 Å². The summed E-state index contributed by atoms with van der Waals surface area (Å²) in [4.78, 5) is 24.2. The van der Waals surface area contributed by atoms with Crippen LogP contribution >= 0.6 is 0 Å². The van der Waals surface area contributed by atoms with Crippen molar-refractivity contribution in [1.82, 2.24) is 29.0 Å². The average molecular weight is 582 g/mol. The number of likely N-dealkylation sites (N-methyl/N-ethyl adjacent to an activating group) is 1. The molecule has 43 heavy (non-hydrogen) atoms. The monoisotopic (exact) mass is 581 g/mol. The third-order valence-corrected chi connectivity index (χ3v) is 7.99. The molecule has 0 fully saturated rings. The molecule has 5 aromatic rings. The first-order chi connectivity index (χ1) is 20.6. The van der Waals surface area contributed by atoms with Crippen LogP contribution in [0.1, 0.15) is 59.2 Å². The molecule has 10 heteroatoms. The van der Waals surface area contributed by atoms with E-state index in [4.69, 9.17) is 10.1 Å². The van der Waals surface area contributed by atoms with Crippen LogP contribution in [-0.4, -0.2) is 64.9 Å². The van der Waals surface area contributed by atoms with Gasteiger partial charge in [0.15, 0.2) is 5.65 Å². The van der Waals surface area contributed by atoms with Gasteiger partial charge >= 0.3 is 0 Å². The van der Waals surface area contributed by atoms with Gasteiger partial charge in [-0.25, -0.2) is 9.97 Å². The van der Waals surface area contributed by atoms with E-state index in [1.165, 1.54) is 0 Å². The maximum Gasteiger partial charge on any atom is 0.254 e. The van der Waals surface area contributed by atoms with Gasteiger partial charge in [0.25, 0.3) is 5.91 Å². The van der Waals surface area contributed by atoms with Crippen molar-refractivity contribution in [2.24, 2.45) is 7.05 Å². The number of carbonyl (C=O) groups excluding carboxylic acids is 1. The molecule has 3 aromatic heterocycles. The molecule has 0 aliphatic heterocycles. The second-order valence-corrected chi connectivity index (χ2v) is 11.1. The van der Waals surface area contributed by atoms with Crippen molar-refractivity contribution in [3.8, 4) is 22.5 Å². The molecule has 10 nitrogen and oxygen atoms in total. The highest BCUT2D eigenvalue weighted by Gasteiger charge is 2.23. The van der Waals surface area contributed by atoms with Gasteiger partial charge in [-0.2, -0.15) is 9.61 Å². The maximum absolute atomic E-state index is 13.3. The smallest absolute Gasteiger partial charge is 0.254 e. The minimum atomic E-state index is -0.746. The molecule has 0 saturated heterocycles. The van der Waals surface area contributed by atoms with Crippen molar-refractivity contribution in [2.45, 2.75) is 52.8 Å². The lowest BCUT2D eigenvalue weighted by molar-refractivity contribution is 0.0681. The Morgan fingerprint density at radius 3 is 2.60 bits per heavy atom. The van der Waals surface area contributed by atoms with Gasteiger partial charge in [0.1, 0.15) is 11.6 Å². The van der Waals surface area contributed by atoms with Crippen molar-refractivity contribution in [3.63, 3.8) is 0 Å². The molecule has 2 atom stereocenters. The van der Waals surface area contributed by atoms with Crippen molar-refractivity contribution in [3.05, 3.63) is 89.0 Å². The number of rotatable bonds is 10. The predicted octanol–water partition coefficient (Wildman–Crippen LogP) is 4.92. The number of carbonyl (C=O) groups is 1. The molecule has 3 heterocycles. The molecule has 0 saturated carbocycles. The highest BCUT2D eigenvalue weighted by molar-refractivity contribution is 5.97. The molecule has 0 spiro atoms. The lowest BCUT2D eigenvalue weighted by Gasteiger charge is -2.24. The third kappa shape index (κ3) is 5.89. The summed E-state index contributed by atoms with van der Waals surface area (Å²) in [5.41, 5.74) is 6.94. The normalized spacial score (nSPS) is 12.8. The number of hydrogen-bond donors (Lipinski definition) is 3. The van der Waals surface area contributed by atoms with E-state index < -0.39 is 6.10 Å². The minimum Gasteiger partial charge on any atom is -0.394 e. The SMILES string of the molecule is CC[C@@H](O)c1cc(NCc2cccc(-c3nccn3C)c2)n2nc(C)c(-c3ccc(C)c(C(=O)N(C)[C@@H](C)CO)c3)c2n1. The van der Waals surface area contributed by atoms with Crippen LogP contribution in [0.3, 0.4) is 0 Å². The molecular weight excluding hydrogens is 542 g/mol. The molecule has 5 rings (SSSR count). The Morgan fingerprint density at radius 1 is 1.12 bits per heavy atom. The quantitative estimate of drug-likeness (QED) is 0.214. The zero-order valence-corrected chi connectivity index (χ0v) is 25.5. The first-order valence-electron chi connectivity index (χ1n) is 14.5. The van der Waals surface area contributed by atoms with Gasteiger partial charge in [-0.05, 0) is 56.0 Å². The summed E-state index contributed by atoms with van der Waals surface area (Å²) in [7, 11) is 3.67. The number of aliphatic hydroxyl groups excluding tert-OH is 2. The Morgan fingerprint density at radius 2 is 1.91 bits per heavy atom. The predicted molar refractivity (Wildman–Crippen MR) is 168 cm³/mol. The van der Waals surface area contributed by atoms with Crippen molar-refractivity contribution in [1.29, 1.82) is 0 Å². The van der Waals surface area contributed by atoms with E-state index in [1.54, 1.807) is 29.6 Å². The van der Waals surface area contributed by atoms with Gasteiger partial charge in [0, 0.05) is 55.8 Å². The van der Waals surface area contributed by atoms with E-state index in [1.807, 2.05) is 75.0 Å². The second-order valence-electron chi connectivity index (χ2n) is 11.1. The molecule has 0 aliphatic carbocycles. The number of nitrogens with one attached hydrogen (secondary N) is 1. The van der Waals surface area contributed by atoms with Gasteiger partial charge in [-0.1, -0.05) is 37.3 Å².